The molecule has 0 amide bonds. The van der Waals surface area contributed by atoms with E-state index >= 15 is 0 Å². The Morgan fingerprint density at radius 3 is 2.65 bits per heavy atom. The lowest BCUT2D eigenvalue weighted by molar-refractivity contribution is 0.555. The highest BCUT2D eigenvalue weighted by Gasteiger charge is 2.32. The Hall–Kier alpha value is -0.720. The van der Waals surface area contributed by atoms with Crippen LogP contribution in [0.1, 0.15) is 30.4 Å². The van der Waals surface area contributed by atoms with Crippen molar-refractivity contribution in [2.75, 3.05) is 12.0 Å². The number of anilines is 1. The van der Waals surface area contributed by atoms with Crippen molar-refractivity contribution in [3.63, 3.8) is 0 Å². The van der Waals surface area contributed by atoms with E-state index in [-0.39, 0.29) is 10.9 Å². The fourth-order valence-corrected chi connectivity index (χ4v) is 5.53. The SMILES string of the molecule is CSC1CCCC1NS(=O)(=O)c1c(N)ccc(C)c1C. The van der Waals surface area contributed by atoms with Gasteiger partial charge in [-0.1, -0.05) is 12.5 Å². The Morgan fingerprint density at radius 1 is 1.30 bits per heavy atom. The van der Waals surface area contributed by atoms with E-state index in [0.717, 1.165) is 30.4 Å². The maximum atomic E-state index is 12.6. The number of nitrogens with one attached hydrogen (secondary N) is 1. The number of nitrogen functional groups attached to an aromatic ring is 1. The van der Waals surface area contributed by atoms with E-state index in [4.69, 9.17) is 5.73 Å². The molecule has 3 N–H and O–H groups in total. The van der Waals surface area contributed by atoms with Crippen LogP contribution in [0.5, 0.6) is 0 Å². The number of hydrogen-bond acceptors (Lipinski definition) is 4. The first kappa shape index (κ1) is 15.7. The normalized spacial score (nSPS) is 23.1. The van der Waals surface area contributed by atoms with Gasteiger partial charge in [0.1, 0.15) is 4.90 Å². The van der Waals surface area contributed by atoms with Crippen LogP contribution in [-0.4, -0.2) is 26.0 Å². The van der Waals surface area contributed by atoms with Crippen molar-refractivity contribution in [2.45, 2.75) is 49.3 Å². The average molecular weight is 314 g/mol. The summed E-state index contributed by atoms with van der Waals surface area (Å²) in [4.78, 5) is 0.240. The van der Waals surface area contributed by atoms with Gasteiger partial charge >= 0.3 is 0 Å². The maximum absolute atomic E-state index is 12.6. The molecule has 2 unspecified atom stereocenters. The molecule has 0 saturated heterocycles. The van der Waals surface area contributed by atoms with Crippen LogP contribution in [0, 0.1) is 13.8 Å². The lowest BCUT2D eigenvalue weighted by Gasteiger charge is -2.21. The van der Waals surface area contributed by atoms with Crippen molar-refractivity contribution in [3.8, 4) is 0 Å². The van der Waals surface area contributed by atoms with Gasteiger partial charge in [-0.25, -0.2) is 13.1 Å². The smallest absolute Gasteiger partial charge is 0.243 e. The molecule has 1 aliphatic rings. The third-order valence-electron chi connectivity index (χ3n) is 4.04. The van der Waals surface area contributed by atoms with Crippen molar-refractivity contribution in [1.29, 1.82) is 0 Å². The van der Waals surface area contributed by atoms with Crippen molar-refractivity contribution >= 4 is 27.5 Å². The zero-order chi connectivity index (χ0) is 14.9. The average Bonchev–Trinajstić information content (AvgIpc) is 2.80. The Labute approximate surface area is 125 Å². The number of benzene rings is 1. The van der Waals surface area contributed by atoms with E-state index in [1.807, 2.05) is 19.2 Å². The van der Waals surface area contributed by atoms with E-state index in [1.54, 1.807) is 24.8 Å². The van der Waals surface area contributed by atoms with Gasteiger partial charge < -0.3 is 5.73 Å². The number of nitrogens with two attached hydrogens (primary N) is 1. The van der Waals surface area contributed by atoms with E-state index < -0.39 is 10.0 Å². The molecular weight excluding hydrogens is 292 g/mol. The maximum Gasteiger partial charge on any atom is 0.243 e. The van der Waals surface area contributed by atoms with E-state index in [2.05, 4.69) is 4.72 Å². The van der Waals surface area contributed by atoms with Gasteiger partial charge in [0.2, 0.25) is 10.0 Å². The molecule has 0 heterocycles. The van der Waals surface area contributed by atoms with Crippen LogP contribution in [-0.2, 0) is 10.0 Å². The van der Waals surface area contributed by atoms with Crippen molar-refractivity contribution in [3.05, 3.63) is 23.3 Å². The standard InChI is InChI=1S/C14H22N2O2S2/c1-9-7-8-11(15)14(10(9)2)20(17,18)16-12-5-4-6-13(12)19-3/h7-8,12-13,16H,4-6,15H2,1-3H3. The summed E-state index contributed by atoms with van der Waals surface area (Å²) in [5.41, 5.74) is 7.88. The zero-order valence-corrected chi connectivity index (χ0v) is 13.8. The summed E-state index contributed by atoms with van der Waals surface area (Å²) in [5, 5.41) is 0.358. The molecule has 112 valence electrons. The summed E-state index contributed by atoms with van der Waals surface area (Å²) in [6, 6.07) is 3.52. The minimum Gasteiger partial charge on any atom is -0.398 e. The first-order valence-corrected chi connectivity index (χ1v) is 9.54. The third-order valence-corrected chi connectivity index (χ3v) is 6.90. The largest absolute Gasteiger partial charge is 0.398 e. The summed E-state index contributed by atoms with van der Waals surface area (Å²) >= 11 is 1.73. The number of hydrogen-bond donors (Lipinski definition) is 2. The molecule has 0 bridgehead atoms. The summed E-state index contributed by atoms with van der Waals surface area (Å²) in [6.45, 7) is 3.70. The molecular formula is C14H22N2O2S2. The van der Waals surface area contributed by atoms with Crippen LogP contribution in [0.2, 0.25) is 0 Å². The Morgan fingerprint density at radius 2 is 2.00 bits per heavy atom. The lowest BCUT2D eigenvalue weighted by atomic mass is 10.1. The molecule has 2 rings (SSSR count). The molecule has 1 aromatic carbocycles. The summed E-state index contributed by atoms with van der Waals surface area (Å²) in [6.07, 6.45) is 5.07. The van der Waals surface area contributed by atoms with Gasteiger partial charge in [0.05, 0.1) is 5.69 Å². The number of aryl methyl sites for hydroxylation is 1. The van der Waals surface area contributed by atoms with Gasteiger partial charge in [-0.3, -0.25) is 0 Å². The Bertz CT molecular complexity index is 599. The van der Waals surface area contributed by atoms with Gasteiger partial charge in [0.25, 0.3) is 0 Å². The molecule has 4 nitrogen and oxygen atoms in total. The van der Waals surface area contributed by atoms with Crippen LogP contribution in [0.15, 0.2) is 17.0 Å². The summed E-state index contributed by atoms with van der Waals surface area (Å²) < 4.78 is 28.1. The van der Waals surface area contributed by atoms with Crippen LogP contribution in [0.4, 0.5) is 5.69 Å². The van der Waals surface area contributed by atoms with Crippen LogP contribution in [0.25, 0.3) is 0 Å². The van der Waals surface area contributed by atoms with Gasteiger partial charge in [-0.05, 0) is 50.1 Å². The van der Waals surface area contributed by atoms with Gasteiger partial charge in [0.15, 0.2) is 0 Å². The first-order valence-electron chi connectivity index (χ1n) is 6.77. The molecule has 0 radical (unpaired) electrons. The molecule has 0 aromatic heterocycles. The molecule has 1 aliphatic carbocycles. The fraction of sp³-hybridized carbons (Fsp3) is 0.571. The number of thioether (sulfide) groups is 1. The molecule has 0 spiro atoms. The van der Waals surface area contributed by atoms with E-state index in [1.165, 1.54) is 0 Å². The second-order valence-corrected chi connectivity index (χ2v) is 8.09. The van der Waals surface area contributed by atoms with E-state index in [9.17, 15) is 8.42 Å². The summed E-state index contributed by atoms with van der Waals surface area (Å²) in [7, 11) is -3.56. The highest BCUT2D eigenvalue weighted by Crippen LogP contribution is 2.31. The molecule has 1 aromatic rings. The topological polar surface area (TPSA) is 72.2 Å². The van der Waals surface area contributed by atoms with Gasteiger partial charge in [-0.2, -0.15) is 11.8 Å². The predicted molar refractivity (Wildman–Crippen MR) is 85.6 cm³/mol. The highest BCUT2D eigenvalue weighted by atomic mass is 32.2. The monoisotopic (exact) mass is 314 g/mol. The third kappa shape index (κ3) is 2.97. The predicted octanol–water partition coefficient (Wildman–Crippen LogP) is 2.45. The molecule has 20 heavy (non-hydrogen) atoms. The molecule has 1 fully saturated rings. The Kier molecular flexibility index (Phi) is 4.66. The second-order valence-electron chi connectivity index (χ2n) is 5.36. The minimum absolute atomic E-state index is 0.00862. The van der Waals surface area contributed by atoms with Gasteiger partial charge in [-0.15, -0.1) is 0 Å². The quantitative estimate of drug-likeness (QED) is 0.837. The van der Waals surface area contributed by atoms with Crippen LogP contribution >= 0.6 is 11.8 Å². The van der Waals surface area contributed by atoms with Crippen molar-refractivity contribution < 1.29 is 8.42 Å². The van der Waals surface area contributed by atoms with Crippen molar-refractivity contribution in [1.82, 2.24) is 4.72 Å². The minimum atomic E-state index is -3.56. The lowest BCUT2D eigenvalue weighted by Crippen LogP contribution is -2.39. The van der Waals surface area contributed by atoms with E-state index in [0.29, 0.717) is 10.9 Å². The molecule has 0 aliphatic heterocycles. The fourth-order valence-electron chi connectivity index (χ4n) is 2.77. The number of rotatable bonds is 4. The highest BCUT2D eigenvalue weighted by molar-refractivity contribution is 7.99. The molecule has 1 saturated carbocycles. The van der Waals surface area contributed by atoms with Crippen LogP contribution in [0.3, 0.4) is 0 Å². The molecule has 6 heteroatoms. The first-order chi connectivity index (χ1) is 9.36. The van der Waals surface area contributed by atoms with Crippen LogP contribution < -0.4 is 10.5 Å². The Balaban J connectivity index is 2.34. The number of sulfonamides is 1. The van der Waals surface area contributed by atoms with Crippen molar-refractivity contribution in [2.24, 2.45) is 0 Å². The zero-order valence-electron chi connectivity index (χ0n) is 12.1. The summed E-state index contributed by atoms with van der Waals surface area (Å²) in [5.74, 6) is 0. The van der Waals surface area contributed by atoms with Gasteiger partial charge in [0, 0.05) is 11.3 Å². The second kappa shape index (κ2) is 5.95. The molecule has 2 atom stereocenters.